The van der Waals surface area contributed by atoms with E-state index in [1.807, 2.05) is 0 Å². The molecule has 0 aliphatic heterocycles. The Morgan fingerprint density at radius 1 is 1.05 bits per heavy atom. The highest BCUT2D eigenvalue weighted by Gasteiger charge is 2.14. The third-order valence-corrected chi connectivity index (χ3v) is 2.95. The maximum atomic E-state index is 13.8. The molecule has 20 heavy (non-hydrogen) atoms. The van der Waals surface area contributed by atoms with Gasteiger partial charge in [-0.05, 0) is 36.9 Å². The van der Waals surface area contributed by atoms with Crippen molar-refractivity contribution in [3.8, 4) is 11.5 Å². The van der Waals surface area contributed by atoms with Gasteiger partial charge in [0.05, 0.1) is 0 Å². The van der Waals surface area contributed by atoms with Crippen LogP contribution in [0.15, 0.2) is 34.8 Å². The van der Waals surface area contributed by atoms with Gasteiger partial charge in [0.15, 0.2) is 17.4 Å². The smallest absolute Gasteiger partial charge is 0.198 e. The zero-order valence-electron chi connectivity index (χ0n) is 10.5. The quantitative estimate of drug-likeness (QED) is 0.887. The predicted octanol–water partition coefficient (Wildman–Crippen LogP) is 4.38. The van der Waals surface area contributed by atoms with Gasteiger partial charge in [0.2, 0.25) is 0 Å². The maximum absolute atomic E-state index is 13.8. The summed E-state index contributed by atoms with van der Waals surface area (Å²) in [5.74, 6) is -2.79. The van der Waals surface area contributed by atoms with Crippen molar-refractivity contribution in [2.45, 2.75) is 6.54 Å². The monoisotopic (exact) mass is 345 g/mol. The molecule has 0 aliphatic rings. The van der Waals surface area contributed by atoms with Crippen LogP contribution in [0.5, 0.6) is 11.5 Å². The molecule has 106 valence electrons. The van der Waals surface area contributed by atoms with Gasteiger partial charge < -0.3 is 10.1 Å². The average molecular weight is 346 g/mol. The van der Waals surface area contributed by atoms with Crippen LogP contribution in [0.25, 0.3) is 0 Å². The van der Waals surface area contributed by atoms with Gasteiger partial charge >= 0.3 is 0 Å². The molecule has 2 aromatic rings. The molecule has 0 amide bonds. The van der Waals surface area contributed by atoms with E-state index in [4.69, 9.17) is 4.74 Å². The Morgan fingerprint density at radius 3 is 2.25 bits per heavy atom. The lowest BCUT2D eigenvalue weighted by Gasteiger charge is -2.10. The SMILES string of the molecule is CNCc1cc(F)c(Oc2cc(F)cc(Br)c2)c(F)c1. The third kappa shape index (κ3) is 3.52. The van der Waals surface area contributed by atoms with Crippen LogP contribution in [0.1, 0.15) is 5.56 Å². The van der Waals surface area contributed by atoms with Gasteiger partial charge in [0, 0.05) is 17.1 Å². The van der Waals surface area contributed by atoms with E-state index >= 15 is 0 Å². The summed E-state index contributed by atoms with van der Waals surface area (Å²) in [5, 5.41) is 2.79. The third-order valence-electron chi connectivity index (χ3n) is 2.49. The van der Waals surface area contributed by atoms with E-state index in [2.05, 4.69) is 21.2 Å². The van der Waals surface area contributed by atoms with Crippen molar-refractivity contribution >= 4 is 15.9 Å². The maximum Gasteiger partial charge on any atom is 0.198 e. The standard InChI is InChI=1S/C14H11BrF3NO/c1-19-7-8-2-12(17)14(13(18)3-8)20-11-5-9(15)4-10(16)6-11/h2-6,19H,7H2,1H3. The van der Waals surface area contributed by atoms with Crippen LogP contribution in [-0.2, 0) is 6.54 Å². The topological polar surface area (TPSA) is 21.3 Å². The fraction of sp³-hybridized carbons (Fsp3) is 0.143. The van der Waals surface area contributed by atoms with Crippen LogP contribution in [0, 0.1) is 17.5 Å². The van der Waals surface area contributed by atoms with Crippen molar-refractivity contribution in [1.29, 1.82) is 0 Å². The second kappa shape index (κ2) is 6.28. The van der Waals surface area contributed by atoms with Crippen LogP contribution in [0.4, 0.5) is 13.2 Å². The minimum absolute atomic E-state index is 0.0102. The van der Waals surface area contributed by atoms with Crippen molar-refractivity contribution in [1.82, 2.24) is 5.32 Å². The fourth-order valence-electron chi connectivity index (χ4n) is 1.72. The van der Waals surface area contributed by atoms with Crippen molar-refractivity contribution < 1.29 is 17.9 Å². The number of hydrogen-bond donors (Lipinski definition) is 1. The highest BCUT2D eigenvalue weighted by Crippen LogP contribution is 2.30. The normalized spacial score (nSPS) is 10.7. The van der Waals surface area contributed by atoms with Crippen molar-refractivity contribution in [2.75, 3.05) is 7.05 Å². The lowest BCUT2D eigenvalue weighted by atomic mass is 10.2. The Labute approximate surface area is 122 Å². The summed E-state index contributed by atoms with van der Waals surface area (Å²) in [4.78, 5) is 0. The predicted molar refractivity (Wildman–Crippen MR) is 73.3 cm³/mol. The molecule has 0 unspecified atom stereocenters. The highest BCUT2D eigenvalue weighted by molar-refractivity contribution is 9.10. The number of benzene rings is 2. The van der Waals surface area contributed by atoms with E-state index in [1.54, 1.807) is 7.05 Å². The second-order valence-electron chi connectivity index (χ2n) is 4.13. The van der Waals surface area contributed by atoms with Gasteiger partial charge in [-0.15, -0.1) is 0 Å². The molecule has 6 heteroatoms. The van der Waals surface area contributed by atoms with Gasteiger partial charge in [-0.2, -0.15) is 0 Å². The second-order valence-corrected chi connectivity index (χ2v) is 5.04. The minimum Gasteiger partial charge on any atom is -0.451 e. The first-order valence-electron chi connectivity index (χ1n) is 5.76. The average Bonchev–Trinajstić information content (AvgIpc) is 2.33. The van der Waals surface area contributed by atoms with Gasteiger partial charge in [-0.1, -0.05) is 15.9 Å². The van der Waals surface area contributed by atoms with Crippen LogP contribution in [0.3, 0.4) is 0 Å². The Kier molecular flexibility index (Phi) is 4.67. The largest absolute Gasteiger partial charge is 0.451 e. The van der Waals surface area contributed by atoms with Crippen LogP contribution in [-0.4, -0.2) is 7.05 Å². The molecule has 1 N–H and O–H groups in total. The van der Waals surface area contributed by atoms with Crippen molar-refractivity contribution in [3.63, 3.8) is 0 Å². The molecule has 0 bridgehead atoms. The first kappa shape index (κ1) is 14.9. The van der Waals surface area contributed by atoms with Gasteiger partial charge in [-0.25, -0.2) is 13.2 Å². The molecule has 0 heterocycles. The molecule has 0 radical (unpaired) electrons. The van der Waals surface area contributed by atoms with Gasteiger partial charge in [0.25, 0.3) is 0 Å². The van der Waals surface area contributed by atoms with E-state index in [1.165, 1.54) is 24.3 Å². The summed E-state index contributed by atoms with van der Waals surface area (Å²) in [5.41, 5.74) is 0.454. The Bertz CT molecular complexity index is 591. The summed E-state index contributed by atoms with van der Waals surface area (Å²) in [6, 6.07) is 6.02. The Balaban J connectivity index is 2.33. The van der Waals surface area contributed by atoms with Gasteiger partial charge in [0.1, 0.15) is 11.6 Å². The van der Waals surface area contributed by atoms with E-state index in [9.17, 15) is 13.2 Å². The molecule has 2 rings (SSSR count). The molecule has 0 aliphatic carbocycles. The number of nitrogens with one attached hydrogen (secondary N) is 1. The molecule has 2 nitrogen and oxygen atoms in total. The van der Waals surface area contributed by atoms with E-state index in [-0.39, 0.29) is 5.75 Å². The van der Waals surface area contributed by atoms with Crippen LogP contribution < -0.4 is 10.1 Å². The molecule has 0 spiro atoms. The molecule has 0 atom stereocenters. The van der Waals surface area contributed by atoms with Crippen molar-refractivity contribution in [2.24, 2.45) is 0 Å². The van der Waals surface area contributed by atoms with Crippen LogP contribution >= 0.6 is 15.9 Å². The first-order chi connectivity index (χ1) is 9.49. The van der Waals surface area contributed by atoms with Gasteiger partial charge in [-0.3, -0.25) is 0 Å². The molecular formula is C14H11BrF3NO. The fourth-order valence-corrected chi connectivity index (χ4v) is 2.17. The number of halogens is 4. The molecule has 0 aromatic heterocycles. The van der Waals surface area contributed by atoms with E-state index in [0.717, 1.165) is 6.07 Å². The van der Waals surface area contributed by atoms with E-state index < -0.39 is 23.2 Å². The minimum atomic E-state index is -0.837. The summed E-state index contributed by atoms with van der Waals surface area (Å²) >= 11 is 3.08. The summed E-state index contributed by atoms with van der Waals surface area (Å²) < 4.78 is 46.3. The highest BCUT2D eigenvalue weighted by atomic mass is 79.9. The van der Waals surface area contributed by atoms with E-state index in [0.29, 0.717) is 16.6 Å². The lowest BCUT2D eigenvalue weighted by molar-refractivity contribution is 0.403. The summed E-state index contributed by atoms with van der Waals surface area (Å²) in [7, 11) is 1.67. The number of hydrogen-bond acceptors (Lipinski definition) is 2. The lowest BCUT2D eigenvalue weighted by Crippen LogP contribution is -2.06. The van der Waals surface area contributed by atoms with Crippen molar-refractivity contribution in [3.05, 3.63) is 57.8 Å². The summed E-state index contributed by atoms with van der Waals surface area (Å²) in [6.45, 7) is 0.333. The molecule has 0 fully saturated rings. The van der Waals surface area contributed by atoms with Crippen LogP contribution in [0.2, 0.25) is 0 Å². The molecule has 2 aromatic carbocycles. The molecular weight excluding hydrogens is 335 g/mol. The zero-order valence-corrected chi connectivity index (χ0v) is 12.1. The Morgan fingerprint density at radius 2 is 1.70 bits per heavy atom. The first-order valence-corrected chi connectivity index (χ1v) is 6.55. The zero-order chi connectivity index (χ0) is 14.7. The summed E-state index contributed by atoms with van der Waals surface area (Å²) in [6.07, 6.45) is 0. The number of ether oxygens (including phenoxy) is 1. The number of rotatable bonds is 4. The Hall–Kier alpha value is -1.53. The molecule has 0 saturated heterocycles. The molecule has 0 saturated carbocycles.